The molecule has 3 heterocycles. The average Bonchev–Trinajstić information content (AvgIpc) is 2.66. The molecule has 1 atom stereocenters. The molecule has 1 unspecified atom stereocenters. The number of nitrogens with zero attached hydrogens (tertiary/aromatic N) is 5. The zero-order valence-corrected chi connectivity index (χ0v) is 14.1. The van der Waals surface area contributed by atoms with E-state index in [0.717, 1.165) is 31.7 Å². The van der Waals surface area contributed by atoms with Crippen molar-refractivity contribution in [1.82, 2.24) is 20.1 Å². The third-order valence-corrected chi connectivity index (χ3v) is 4.34. The first kappa shape index (κ1) is 16.9. The Labute approximate surface area is 146 Å². The number of pyridine rings is 1. The van der Waals surface area contributed by atoms with Gasteiger partial charge in [-0.15, -0.1) is 5.10 Å². The number of aromatic hydroxyl groups is 1. The van der Waals surface area contributed by atoms with Gasteiger partial charge in [0.05, 0.1) is 6.20 Å². The Morgan fingerprint density at radius 3 is 3.08 bits per heavy atom. The fourth-order valence-electron chi connectivity index (χ4n) is 2.94. The summed E-state index contributed by atoms with van der Waals surface area (Å²) in [6.07, 6.45) is 9.74. The quantitative estimate of drug-likeness (QED) is 0.854. The van der Waals surface area contributed by atoms with Crippen LogP contribution < -0.4 is 4.90 Å². The van der Waals surface area contributed by atoms with Crippen LogP contribution in [0.5, 0.6) is 5.75 Å². The van der Waals surface area contributed by atoms with E-state index in [1.807, 2.05) is 19.2 Å². The van der Waals surface area contributed by atoms with E-state index in [4.69, 9.17) is 0 Å². The second-order valence-corrected chi connectivity index (χ2v) is 6.08. The summed E-state index contributed by atoms with van der Waals surface area (Å²) >= 11 is 0. The van der Waals surface area contributed by atoms with Gasteiger partial charge in [-0.05, 0) is 42.7 Å². The number of piperidine rings is 1. The first-order valence-electron chi connectivity index (χ1n) is 8.25. The summed E-state index contributed by atoms with van der Waals surface area (Å²) in [6, 6.07) is 5.49. The van der Waals surface area contributed by atoms with Crippen molar-refractivity contribution in [2.24, 2.45) is 0 Å². The summed E-state index contributed by atoms with van der Waals surface area (Å²) in [5, 5.41) is 17.5. The predicted octanol–water partition coefficient (Wildman–Crippen LogP) is 1.72. The Bertz CT molecular complexity index is 750. The van der Waals surface area contributed by atoms with Gasteiger partial charge in [0.2, 0.25) is 5.91 Å². The zero-order chi connectivity index (χ0) is 17.6. The van der Waals surface area contributed by atoms with Gasteiger partial charge >= 0.3 is 0 Å². The lowest BCUT2D eigenvalue weighted by molar-refractivity contribution is -0.126. The average molecular weight is 339 g/mol. The van der Waals surface area contributed by atoms with Crippen molar-refractivity contribution in [1.29, 1.82) is 0 Å². The standard InChI is InChI=1S/C18H21N5O2/c1-22(18(25)7-6-14-10-16(24)12-19-11-14)15-4-3-9-23(13-15)17-5-2-8-20-21-17/h2,5-8,10-12,15,24H,3-4,9,13H2,1H3/b7-6+. The highest BCUT2D eigenvalue weighted by molar-refractivity contribution is 5.91. The van der Waals surface area contributed by atoms with E-state index in [-0.39, 0.29) is 17.7 Å². The van der Waals surface area contributed by atoms with Gasteiger partial charge in [0, 0.05) is 44.6 Å². The maximum absolute atomic E-state index is 12.5. The fraction of sp³-hybridized carbons (Fsp3) is 0.333. The Kier molecular flexibility index (Phi) is 5.23. The molecule has 0 aromatic carbocycles. The van der Waals surface area contributed by atoms with E-state index >= 15 is 0 Å². The van der Waals surface area contributed by atoms with Gasteiger partial charge in [-0.2, -0.15) is 5.10 Å². The molecule has 0 aliphatic carbocycles. The molecule has 1 aliphatic heterocycles. The minimum absolute atomic E-state index is 0.0747. The van der Waals surface area contributed by atoms with Gasteiger partial charge in [0.25, 0.3) is 0 Å². The van der Waals surface area contributed by atoms with Crippen molar-refractivity contribution in [2.75, 3.05) is 25.0 Å². The molecule has 130 valence electrons. The highest BCUT2D eigenvalue weighted by Crippen LogP contribution is 2.20. The van der Waals surface area contributed by atoms with Crippen molar-refractivity contribution < 1.29 is 9.90 Å². The number of hydrogen-bond donors (Lipinski definition) is 1. The molecule has 3 rings (SSSR count). The summed E-state index contributed by atoms with van der Waals surface area (Å²) in [7, 11) is 1.82. The van der Waals surface area contributed by atoms with E-state index < -0.39 is 0 Å². The molecule has 1 amide bonds. The Balaban J connectivity index is 1.63. The minimum Gasteiger partial charge on any atom is -0.506 e. The minimum atomic E-state index is -0.0747. The highest BCUT2D eigenvalue weighted by Gasteiger charge is 2.26. The number of aromatic nitrogens is 3. The van der Waals surface area contributed by atoms with Crippen LogP contribution >= 0.6 is 0 Å². The van der Waals surface area contributed by atoms with E-state index in [9.17, 15) is 9.90 Å². The summed E-state index contributed by atoms with van der Waals surface area (Å²) in [4.78, 5) is 20.3. The number of carbonyl (C=O) groups is 1. The van der Waals surface area contributed by atoms with Crippen LogP contribution in [0.3, 0.4) is 0 Å². The van der Waals surface area contributed by atoms with E-state index in [2.05, 4.69) is 20.1 Å². The van der Waals surface area contributed by atoms with Crippen molar-refractivity contribution in [3.63, 3.8) is 0 Å². The van der Waals surface area contributed by atoms with Gasteiger partial charge in [-0.25, -0.2) is 0 Å². The first-order valence-corrected chi connectivity index (χ1v) is 8.25. The molecule has 25 heavy (non-hydrogen) atoms. The number of anilines is 1. The molecule has 1 aliphatic rings. The smallest absolute Gasteiger partial charge is 0.246 e. The zero-order valence-electron chi connectivity index (χ0n) is 14.1. The van der Waals surface area contributed by atoms with Crippen molar-refractivity contribution in [3.8, 4) is 5.75 Å². The number of hydrogen-bond acceptors (Lipinski definition) is 6. The normalized spacial score (nSPS) is 17.6. The van der Waals surface area contributed by atoms with Crippen LogP contribution in [0.25, 0.3) is 6.08 Å². The third-order valence-electron chi connectivity index (χ3n) is 4.34. The molecule has 7 heteroatoms. The second kappa shape index (κ2) is 7.74. The maximum atomic E-state index is 12.5. The van der Waals surface area contributed by atoms with Crippen LogP contribution in [0, 0.1) is 0 Å². The Hall–Kier alpha value is -2.96. The van der Waals surface area contributed by atoms with E-state index in [1.165, 1.54) is 12.3 Å². The van der Waals surface area contributed by atoms with Crippen LogP contribution in [0.15, 0.2) is 42.9 Å². The number of likely N-dealkylation sites (N-methyl/N-ethyl adjacent to an activating group) is 1. The number of amides is 1. The molecule has 1 saturated heterocycles. The molecule has 7 nitrogen and oxygen atoms in total. The molecule has 0 saturated carbocycles. The van der Waals surface area contributed by atoms with Crippen LogP contribution in [0.1, 0.15) is 18.4 Å². The molecule has 1 fully saturated rings. The third kappa shape index (κ3) is 4.32. The van der Waals surface area contributed by atoms with Crippen LogP contribution in [-0.4, -0.2) is 57.3 Å². The topological polar surface area (TPSA) is 82.5 Å². The SMILES string of the molecule is CN(C(=O)/C=C/c1cncc(O)c1)C1CCCN(c2cccnn2)C1. The van der Waals surface area contributed by atoms with Gasteiger partial charge in [-0.1, -0.05) is 0 Å². The molecule has 0 radical (unpaired) electrons. The molecule has 1 N–H and O–H groups in total. The second-order valence-electron chi connectivity index (χ2n) is 6.08. The maximum Gasteiger partial charge on any atom is 0.246 e. The van der Waals surface area contributed by atoms with E-state index in [0.29, 0.717) is 5.56 Å². The lowest BCUT2D eigenvalue weighted by Crippen LogP contribution is -2.48. The summed E-state index contributed by atoms with van der Waals surface area (Å²) in [5.74, 6) is 0.846. The first-order chi connectivity index (χ1) is 12.1. The monoisotopic (exact) mass is 339 g/mol. The van der Waals surface area contributed by atoms with Crippen molar-refractivity contribution in [3.05, 3.63) is 48.4 Å². The molecule has 2 aromatic rings. The summed E-state index contributed by atoms with van der Waals surface area (Å²) in [5.41, 5.74) is 0.687. The van der Waals surface area contributed by atoms with Crippen LogP contribution in [-0.2, 0) is 4.79 Å². The van der Waals surface area contributed by atoms with Crippen LogP contribution in [0.4, 0.5) is 5.82 Å². The number of rotatable bonds is 4. The van der Waals surface area contributed by atoms with Crippen LogP contribution in [0.2, 0.25) is 0 Å². The summed E-state index contributed by atoms with van der Waals surface area (Å²) in [6.45, 7) is 1.66. The van der Waals surface area contributed by atoms with Gasteiger partial charge < -0.3 is 14.9 Å². The molecule has 0 spiro atoms. The molecule has 2 aromatic heterocycles. The predicted molar refractivity (Wildman–Crippen MR) is 95.0 cm³/mol. The number of carbonyl (C=O) groups excluding carboxylic acids is 1. The largest absolute Gasteiger partial charge is 0.506 e. The molecular formula is C18H21N5O2. The molecule has 0 bridgehead atoms. The Morgan fingerprint density at radius 2 is 2.32 bits per heavy atom. The van der Waals surface area contributed by atoms with Gasteiger partial charge in [0.1, 0.15) is 5.75 Å². The van der Waals surface area contributed by atoms with Gasteiger partial charge in [-0.3, -0.25) is 9.78 Å². The highest BCUT2D eigenvalue weighted by atomic mass is 16.3. The van der Waals surface area contributed by atoms with Gasteiger partial charge in [0.15, 0.2) is 5.82 Å². The van der Waals surface area contributed by atoms with E-state index in [1.54, 1.807) is 29.4 Å². The lowest BCUT2D eigenvalue weighted by Gasteiger charge is -2.37. The fourth-order valence-corrected chi connectivity index (χ4v) is 2.94. The Morgan fingerprint density at radius 1 is 1.44 bits per heavy atom. The van der Waals surface area contributed by atoms with Crippen molar-refractivity contribution >= 4 is 17.8 Å². The summed E-state index contributed by atoms with van der Waals surface area (Å²) < 4.78 is 0. The lowest BCUT2D eigenvalue weighted by atomic mass is 10.0. The molecular weight excluding hydrogens is 318 g/mol. The van der Waals surface area contributed by atoms with Crippen molar-refractivity contribution in [2.45, 2.75) is 18.9 Å².